The van der Waals surface area contributed by atoms with Gasteiger partial charge in [0.1, 0.15) is 5.75 Å². The molecule has 1 aliphatic heterocycles. The first-order valence-electron chi connectivity index (χ1n) is 8.57. The van der Waals surface area contributed by atoms with Gasteiger partial charge in [-0.3, -0.25) is 4.90 Å². The number of carbonyl (C=O) groups is 1. The molecule has 5 heteroatoms. The lowest BCUT2D eigenvalue weighted by molar-refractivity contribution is 0.117. The molecule has 0 saturated carbocycles. The Kier molecular flexibility index (Phi) is 6.28. The van der Waals surface area contributed by atoms with Gasteiger partial charge >= 0.3 is 6.03 Å². The maximum atomic E-state index is 12.5. The van der Waals surface area contributed by atoms with Crippen LogP contribution in [-0.4, -0.2) is 54.2 Å². The smallest absolute Gasteiger partial charge is 0.322 e. The third-order valence-electron chi connectivity index (χ3n) is 4.31. The van der Waals surface area contributed by atoms with Gasteiger partial charge in [0.25, 0.3) is 0 Å². The molecule has 0 spiro atoms. The van der Waals surface area contributed by atoms with E-state index in [4.69, 9.17) is 4.74 Å². The van der Waals surface area contributed by atoms with Crippen LogP contribution in [0, 0.1) is 0 Å². The Balaban J connectivity index is 1.93. The highest BCUT2D eigenvalue weighted by molar-refractivity contribution is 5.91. The summed E-state index contributed by atoms with van der Waals surface area (Å²) in [5.41, 5.74) is 0.732. The molecule has 1 aromatic carbocycles. The van der Waals surface area contributed by atoms with Crippen molar-refractivity contribution < 1.29 is 9.53 Å². The Morgan fingerprint density at radius 1 is 1.17 bits per heavy atom. The Labute approximate surface area is 139 Å². The molecule has 128 valence electrons. The van der Waals surface area contributed by atoms with Crippen LogP contribution in [0.25, 0.3) is 0 Å². The third-order valence-corrected chi connectivity index (χ3v) is 4.31. The van der Waals surface area contributed by atoms with E-state index in [2.05, 4.69) is 24.1 Å². The highest BCUT2D eigenvalue weighted by Crippen LogP contribution is 2.25. The zero-order valence-electron chi connectivity index (χ0n) is 14.7. The number of nitrogens with zero attached hydrogens (tertiary/aromatic N) is 2. The second-order valence-electron chi connectivity index (χ2n) is 6.37. The van der Waals surface area contributed by atoms with Crippen molar-refractivity contribution in [3.63, 3.8) is 0 Å². The van der Waals surface area contributed by atoms with E-state index in [1.807, 2.05) is 43.0 Å². The monoisotopic (exact) mass is 319 g/mol. The van der Waals surface area contributed by atoms with Gasteiger partial charge in [0, 0.05) is 32.2 Å². The number of nitrogens with one attached hydrogen (secondary N) is 1. The first-order valence-corrected chi connectivity index (χ1v) is 8.57. The molecule has 23 heavy (non-hydrogen) atoms. The highest BCUT2D eigenvalue weighted by Gasteiger charge is 2.23. The maximum Gasteiger partial charge on any atom is 0.322 e. The largest absolute Gasteiger partial charge is 0.489 e. The van der Waals surface area contributed by atoms with E-state index >= 15 is 0 Å². The van der Waals surface area contributed by atoms with E-state index in [0.29, 0.717) is 11.8 Å². The number of piperazine rings is 1. The van der Waals surface area contributed by atoms with E-state index < -0.39 is 0 Å². The molecule has 1 fully saturated rings. The number of para-hydroxylation sites is 2. The van der Waals surface area contributed by atoms with Crippen LogP contribution in [0.15, 0.2) is 24.3 Å². The maximum absolute atomic E-state index is 12.5. The predicted octanol–water partition coefficient (Wildman–Crippen LogP) is 3.42. The molecule has 2 rings (SSSR count). The molecule has 0 aromatic heterocycles. The van der Waals surface area contributed by atoms with Gasteiger partial charge in [0.2, 0.25) is 0 Å². The quantitative estimate of drug-likeness (QED) is 0.904. The number of ether oxygens (including phenoxy) is 1. The van der Waals surface area contributed by atoms with Crippen molar-refractivity contribution in [3.05, 3.63) is 24.3 Å². The van der Waals surface area contributed by atoms with E-state index in [0.717, 1.165) is 38.3 Å². The summed E-state index contributed by atoms with van der Waals surface area (Å²) in [6.45, 7) is 11.8. The van der Waals surface area contributed by atoms with Gasteiger partial charge in [-0.25, -0.2) is 4.79 Å². The molecule has 1 heterocycles. The number of anilines is 1. The predicted molar refractivity (Wildman–Crippen MR) is 94.1 cm³/mol. The van der Waals surface area contributed by atoms with E-state index in [1.165, 1.54) is 0 Å². The summed E-state index contributed by atoms with van der Waals surface area (Å²) in [6.07, 6.45) is 1.22. The second kappa shape index (κ2) is 8.20. The molecule has 0 radical (unpaired) electrons. The van der Waals surface area contributed by atoms with Gasteiger partial charge in [-0.15, -0.1) is 0 Å². The third kappa shape index (κ3) is 4.86. The molecule has 1 atom stereocenters. The summed E-state index contributed by atoms with van der Waals surface area (Å²) in [4.78, 5) is 16.8. The number of urea groups is 1. The van der Waals surface area contributed by atoms with Crippen LogP contribution in [0.3, 0.4) is 0 Å². The minimum absolute atomic E-state index is 0.0476. The highest BCUT2D eigenvalue weighted by atomic mass is 16.5. The van der Waals surface area contributed by atoms with Crippen LogP contribution in [0.1, 0.15) is 34.1 Å². The SMILES string of the molecule is CCC(C)N1CCN(C(=O)Nc2ccccc2OC(C)C)CC1. The lowest BCUT2D eigenvalue weighted by atomic mass is 10.2. The summed E-state index contributed by atoms with van der Waals surface area (Å²) in [7, 11) is 0. The fourth-order valence-corrected chi connectivity index (χ4v) is 2.74. The van der Waals surface area contributed by atoms with Crippen molar-refractivity contribution in [3.8, 4) is 5.75 Å². The molecule has 1 saturated heterocycles. The van der Waals surface area contributed by atoms with Gasteiger partial charge in [0.05, 0.1) is 11.8 Å². The zero-order chi connectivity index (χ0) is 16.8. The molecule has 5 nitrogen and oxygen atoms in total. The molecule has 0 bridgehead atoms. The van der Waals surface area contributed by atoms with Gasteiger partial charge in [-0.2, -0.15) is 0 Å². The zero-order valence-corrected chi connectivity index (χ0v) is 14.7. The Morgan fingerprint density at radius 3 is 2.43 bits per heavy atom. The van der Waals surface area contributed by atoms with Crippen LogP contribution in [0.4, 0.5) is 10.5 Å². The van der Waals surface area contributed by atoms with Crippen LogP contribution >= 0.6 is 0 Å². The normalized spacial score (nSPS) is 17.2. The Bertz CT molecular complexity index is 511. The summed E-state index contributed by atoms with van der Waals surface area (Å²) >= 11 is 0. The minimum Gasteiger partial charge on any atom is -0.489 e. The van der Waals surface area contributed by atoms with Crippen molar-refractivity contribution in [2.45, 2.75) is 46.3 Å². The van der Waals surface area contributed by atoms with Gasteiger partial charge < -0.3 is 15.0 Å². The van der Waals surface area contributed by atoms with Crippen molar-refractivity contribution in [1.82, 2.24) is 9.80 Å². The molecule has 2 amide bonds. The van der Waals surface area contributed by atoms with E-state index in [9.17, 15) is 4.79 Å². The number of carbonyl (C=O) groups excluding carboxylic acids is 1. The lowest BCUT2D eigenvalue weighted by Gasteiger charge is -2.37. The summed E-state index contributed by atoms with van der Waals surface area (Å²) < 4.78 is 5.76. The van der Waals surface area contributed by atoms with Crippen LogP contribution in [-0.2, 0) is 0 Å². The molecule has 1 unspecified atom stereocenters. The molecular weight excluding hydrogens is 290 g/mol. The fourth-order valence-electron chi connectivity index (χ4n) is 2.74. The van der Waals surface area contributed by atoms with E-state index in [1.54, 1.807) is 0 Å². The lowest BCUT2D eigenvalue weighted by Crippen LogP contribution is -2.52. The second-order valence-corrected chi connectivity index (χ2v) is 6.37. The van der Waals surface area contributed by atoms with Crippen molar-refractivity contribution in [1.29, 1.82) is 0 Å². The van der Waals surface area contributed by atoms with Gasteiger partial charge in [0.15, 0.2) is 0 Å². The number of rotatable bonds is 5. The first-order chi connectivity index (χ1) is 11.0. The molecule has 1 aliphatic rings. The van der Waals surface area contributed by atoms with Crippen LogP contribution < -0.4 is 10.1 Å². The molecule has 1 N–H and O–H groups in total. The summed E-state index contributed by atoms with van der Waals surface area (Å²) in [5, 5.41) is 2.99. The number of hydrogen-bond acceptors (Lipinski definition) is 3. The van der Waals surface area contributed by atoms with Gasteiger partial charge in [-0.1, -0.05) is 19.1 Å². The first kappa shape index (κ1) is 17.6. The average Bonchev–Trinajstić information content (AvgIpc) is 2.55. The molecular formula is C18H29N3O2. The van der Waals surface area contributed by atoms with E-state index in [-0.39, 0.29) is 12.1 Å². The average molecular weight is 319 g/mol. The van der Waals surface area contributed by atoms with Crippen molar-refractivity contribution >= 4 is 11.7 Å². The topological polar surface area (TPSA) is 44.8 Å². The molecule has 1 aromatic rings. The Hall–Kier alpha value is -1.75. The number of benzene rings is 1. The van der Waals surface area contributed by atoms with Gasteiger partial charge in [-0.05, 0) is 39.3 Å². The van der Waals surface area contributed by atoms with Crippen molar-refractivity contribution in [2.24, 2.45) is 0 Å². The summed E-state index contributed by atoms with van der Waals surface area (Å²) in [6, 6.07) is 8.12. The van der Waals surface area contributed by atoms with Crippen molar-refractivity contribution in [2.75, 3.05) is 31.5 Å². The van der Waals surface area contributed by atoms with Crippen LogP contribution in [0.2, 0.25) is 0 Å². The Morgan fingerprint density at radius 2 is 1.83 bits per heavy atom. The number of hydrogen-bond donors (Lipinski definition) is 1. The minimum atomic E-state index is -0.0476. The number of amides is 2. The van der Waals surface area contributed by atoms with Crippen LogP contribution in [0.5, 0.6) is 5.75 Å². The fraction of sp³-hybridized carbons (Fsp3) is 0.611. The summed E-state index contributed by atoms with van der Waals surface area (Å²) in [5.74, 6) is 0.717. The molecule has 0 aliphatic carbocycles. The standard InChI is InChI=1S/C18H29N3O2/c1-5-15(4)20-10-12-21(13-11-20)18(22)19-16-8-6-7-9-17(16)23-14(2)3/h6-9,14-15H,5,10-13H2,1-4H3,(H,19,22).